The normalized spacial score (nSPS) is 16.7. The largest absolute Gasteiger partial charge is 0.361 e. The van der Waals surface area contributed by atoms with Gasteiger partial charge in [-0.15, -0.1) is 0 Å². The van der Waals surface area contributed by atoms with Crippen molar-refractivity contribution in [3.05, 3.63) is 36.0 Å². The third kappa shape index (κ3) is 4.51. The molecule has 0 N–H and O–H groups in total. The molecule has 0 radical (unpaired) electrons. The molecule has 0 atom stereocenters. The van der Waals surface area contributed by atoms with E-state index in [-0.39, 0.29) is 0 Å². The van der Waals surface area contributed by atoms with Crippen molar-refractivity contribution in [2.45, 2.75) is 33.2 Å². The third-order valence-electron chi connectivity index (χ3n) is 4.03. The lowest BCUT2D eigenvalue weighted by Gasteiger charge is -2.21. The molecular formula is C17H25N5O. The summed E-state index contributed by atoms with van der Waals surface area (Å²) in [5, 5.41) is 4.22. The average Bonchev–Trinajstić information content (AvgIpc) is 2.83. The quantitative estimate of drug-likeness (QED) is 0.844. The van der Waals surface area contributed by atoms with Gasteiger partial charge in [0, 0.05) is 57.6 Å². The Balaban J connectivity index is 1.55. The highest BCUT2D eigenvalue weighted by Gasteiger charge is 2.18. The Hall–Kier alpha value is -1.95. The standard InChI is InChI=1S/C17H25N5O/c1-14(2)11-16-12-15(20-23-16)13-21-7-4-8-22(10-9-21)17-18-5-3-6-19-17/h3,5-6,12,14H,4,7-11,13H2,1-2H3. The van der Waals surface area contributed by atoms with Crippen molar-refractivity contribution in [1.82, 2.24) is 20.0 Å². The molecule has 6 nitrogen and oxygen atoms in total. The smallest absolute Gasteiger partial charge is 0.225 e. The van der Waals surface area contributed by atoms with Crippen LogP contribution in [0.25, 0.3) is 0 Å². The third-order valence-corrected chi connectivity index (χ3v) is 4.03. The summed E-state index contributed by atoms with van der Waals surface area (Å²) in [4.78, 5) is 13.4. The van der Waals surface area contributed by atoms with E-state index >= 15 is 0 Å². The Kier molecular flexibility index (Phi) is 5.23. The Morgan fingerprint density at radius 1 is 1.13 bits per heavy atom. The van der Waals surface area contributed by atoms with E-state index in [0.29, 0.717) is 5.92 Å². The van der Waals surface area contributed by atoms with E-state index < -0.39 is 0 Å². The molecule has 0 spiro atoms. The Labute approximate surface area is 137 Å². The Morgan fingerprint density at radius 3 is 2.74 bits per heavy atom. The monoisotopic (exact) mass is 315 g/mol. The van der Waals surface area contributed by atoms with E-state index in [2.05, 4.69) is 44.8 Å². The molecule has 23 heavy (non-hydrogen) atoms. The van der Waals surface area contributed by atoms with Crippen LogP contribution in [0.1, 0.15) is 31.7 Å². The van der Waals surface area contributed by atoms with Gasteiger partial charge in [-0.25, -0.2) is 9.97 Å². The zero-order chi connectivity index (χ0) is 16.1. The molecule has 3 rings (SSSR count). The second-order valence-corrected chi connectivity index (χ2v) is 6.55. The van der Waals surface area contributed by atoms with E-state index in [1.165, 1.54) is 0 Å². The number of hydrogen-bond donors (Lipinski definition) is 0. The molecular weight excluding hydrogens is 290 g/mol. The predicted molar refractivity (Wildman–Crippen MR) is 89.2 cm³/mol. The molecule has 0 saturated carbocycles. The Morgan fingerprint density at radius 2 is 1.96 bits per heavy atom. The molecule has 1 saturated heterocycles. The number of rotatable bonds is 5. The minimum absolute atomic E-state index is 0.591. The van der Waals surface area contributed by atoms with Crippen LogP contribution in [0.3, 0.4) is 0 Å². The first-order chi connectivity index (χ1) is 11.2. The molecule has 0 aromatic carbocycles. The first-order valence-corrected chi connectivity index (χ1v) is 8.39. The second kappa shape index (κ2) is 7.55. The van der Waals surface area contributed by atoms with Crippen molar-refractivity contribution in [3.63, 3.8) is 0 Å². The molecule has 1 aliphatic rings. The van der Waals surface area contributed by atoms with Crippen molar-refractivity contribution in [2.75, 3.05) is 31.1 Å². The zero-order valence-corrected chi connectivity index (χ0v) is 14.0. The summed E-state index contributed by atoms with van der Waals surface area (Å²) in [6.45, 7) is 9.23. The van der Waals surface area contributed by atoms with Crippen LogP contribution in [0.2, 0.25) is 0 Å². The maximum absolute atomic E-state index is 5.43. The van der Waals surface area contributed by atoms with Gasteiger partial charge in [0.1, 0.15) is 5.76 Å². The van der Waals surface area contributed by atoms with Crippen molar-refractivity contribution in [1.29, 1.82) is 0 Å². The first kappa shape index (κ1) is 15.9. The molecule has 2 aromatic heterocycles. The molecule has 1 fully saturated rings. The number of hydrogen-bond acceptors (Lipinski definition) is 6. The fourth-order valence-electron chi connectivity index (χ4n) is 2.94. The predicted octanol–water partition coefficient (Wildman–Crippen LogP) is 2.38. The SMILES string of the molecule is CC(C)Cc1cc(CN2CCCN(c3ncccn3)CC2)no1. The van der Waals surface area contributed by atoms with Gasteiger partial charge in [-0.2, -0.15) is 0 Å². The minimum Gasteiger partial charge on any atom is -0.361 e. The van der Waals surface area contributed by atoms with Gasteiger partial charge in [0.05, 0.1) is 5.69 Å². The van der Waals surface area contributed by atoms with Gasteiger partial charge in [-0.3, -0.25) is 4.90 Å². The maximum Gasteiger partial charge on any atom is 0.225 e. The van der Waals surface area contributed by atoms with E-state index in [1.807, 2.05) is 6.07 Å². The van der Waals surface area contributed by atoms with Crippen molar-refractivity contribution in [2.24, 2.45) is 5.92 Å². The van der Waals surface area contributed by atoms with Crippen molar-refractivity contribution >= 4 is 5.95 Å². The van der Waals surface area contributed by atoms with Gasteiger partial charge in [0.2, 0.25) is 5.95 Å². The second-order valence-electron chi connectivity index (χ2n) is 6.55. The molecule has 0 bridgehead atoms. The van der Waals surface area contributed by atoms with Crippen molar-refractivity contribution < 1.29 is 4.52 Å². The Bertz CT molecular complexity index is 598. The zero-order valence-electron chi connectivity index (χ0n) is 14.0. The molecule has 0 unspecified atom stereocenters. The van der Waals surface area contributed by atoms with Gasteiger partial charge in [-0.05, 0) is 18.4 Å². The number of aromatic nitrogens is 3. The summed E-state index contributed by atoms with van der Waals surface area (Å²) >= 11 is 0. The van der Waals surface area contributed by atoms with Crippen LogP contribution < -0.4 is 4.90 Å². The van der Waals surface area contributed by atoms with Crippen LogP contribution in [0.15, 0.2) is 29.0 Å². The molecule has 1 aliphatic heterocycles. The van der Waals surface area contributed by atoms with E-state index in [1.54, 1.807) is 12.4 Å². The summed E-state index contributed by atoms with van der Waals surface area (Å²) in [6.07, 6.45) is 5.66. The summed E-state index contributed by atoms with van der Waals surface area (Å²) in [5.74, 6) is 2.41. The first-order valence-electron chi connectivity index (χ1n) is 8.39. The van der Waals surface area contributed by atoms with Gasteiger partial charge >= 0.3 is 0 Å². The van der Waals surface area contributed by atoms with Crippen LogP contribution in [-0.4, -0.2) is 46.2 Å². The number of anilines is 1. The molecule has 6 heteroatoms. The van der Waals surface area contributed by atoms with Crippen molar-refractivity contribution in [3.8, 4) is 0 Å². The number of nitrogens with zero attached hydrogens (tertiary/aromatic N) is 5. The van der Waals surface area contributed by atoms with Gasteiger partial charge in [-0.1, -0.05) is 19.0 Å². The van der Waals surface area contributed by atoms with Gasteiger partial charge in [0.15, 0.2) is 0 Å². The molecule has 3 heterocycles. The summed E-state index contributed by atoms with van der Waals surface area (Å²) < 4.78 is 5.43. The van der Waals surface area contributed by atoms with Crippen LogP contribution in [0.5, 0.6) is 0 Å². The highest BCUT2D eigenvalue weighted by atomic mass is 16.5. The van der Waals surface area contributed by atoms with Gasteiger partial charge in [0.25, 0.3) is 0 Å². The van der Waals surface area contributed by atoms with Crippen LogP contribution in [-0.2, 0) is 13.0 Å². The lowest BCUT2D eigenvalue weighted by Crippen LogP contribution is -2.31. The molecule has 124 valence electrons. The van der Waals surface area contributed by atoms with Crippen LogP contribution in [0.4, 0.5) is 5.95 Å². The van der Waals surface area contributed by atoms with Crippen LogP contribution >= 0.6 is 0 Å². The van der Waals surface area contributed by atoms with E-state index in [0.717, 1.165) is 63.0 Å². The lowest BCUT2D eigenvalue weighted by atomic mass is 10.1. The fraction of sp³-hybridized carbons (Fsp3) is 0.588. The summed E-state index contributed by atoms with van der Waals surface area (Å²) in [6, 6.07) is 3.95. The highest BCUT2D eigenvalue weighted by Crippen LogP contribution is 2.14. The average molecular weight is 315 g/mol. The van der Waals surface area contributed by atoms with Crippen LogP contribution in [0, 0.1) is 5.92 Å². The maximum atomic E-state index is 5.43. The van der Waals surface area contributed by atoms with Gasteiger partial charge < -0.3 is 9.42 Å². The summed E-state index contributed by atoms with van der Waals surface area (Å²) in [5.41, 5.74) is 1.03. The minimum atomic E-state index is 0.591. The van der Waals surface area contributed by atoms with E-state index in [4.69, 9.17) is 4.52 Å². The summed E-state index contributed by atoms with van der Waals surface area (Å²) in [7, 11) is 0. The lowest BCUT2D eigenvalue weighted by molar-refractivity contribution is 0.272. The highest BCUT2D eigenvalue weighted by molar-refractivity contribution is 5.28. The molecule has 2 aromatic rings. The van der Waals surface area contributed by atoms with E-state index in [9.17, 15) is 0 Å². The fourth-order valence-corrected chi connectivity index (χ4v) is 2.94. The molecule has 0 amide bonds. The topological polar surface area (TPSA) is 58.3 Å². The molecule has 0 aliphatic carbocycles.